The van der Waals surface area contributed by atoms with Gasteiger partial charge in [0.15, 0.2) is 0 Å². The minimum Gasteiger partial charge on any atom is -0.396 e. The molecule has 0 spiro atoms. The molecule has 2 N–H and O–H groups in total. The molecule has 0 aliphatic heterocycles. The van der Waals surface area contributed by atoms with E-state index in [1.165, 1.54) is 12.1 Å². The zero-order chi connectivity index (χ0) is 12.8. The Balaban J connectivity index is 2.79. The van der Waals surface area contributed by atoms with Crippen LogP contribution in [0, 0.1) is 11.6 Å². The summed E-state index contributed by atoms with van der Waals surface area (Å²) in [6, 6.07) is 3.57. The van der Waals surface area contributed by atoms with Crippen LogP contribution >= 0.6 is 0 Å². The molecule has 4 heteroatoms. The Hall–Kier alpha value is -1.00. The smallest absolute Gasteiger partial charge is 0.130 e. The van der Waals surface area contributed by atoms with E-state index in [0.29, 0.717) is 18.4 Å². The second-order valence-electron chi connectivity index (χ2n) is 4.21. The van der Waals surface area contributed by atoms with E-state index in [-0.39, 0.29) is 18.7 Å². The van der Waals surface area contributed by atoms with Crippen LogP contribution in [0.5, 0.6) is 0 Å². The lowest BCUT2D eigenvalue weighted by Gasteiger charge is -2.22. The van der Waals surface area contributed by atoms with E-state index in [0.717, 1.165) is 6.07 Å². The van der Waals surface area contributed by atoms with Crippen molar-refractivity contribution in [3.05, 3.63) is 35.4 Å². The first kappa shape index (κ1) is 14.1. The third-order valence-corrected chi connectivity index (χ3v) is 2.79. The molecule has 1 rings (SSSR count). The van der Waals surface area contributed by atoms with Gasteiger partial charge < -0.3 is 10.4 Å². The third kappa shape index (κ3) is 4.06. The van der Waals surface area contributed by atoms with E-state index >= 15 is 0 Å². The second-order valence-corrected chi connectivity index (χ2v) is 4.21. The minimum atomic E-state index is -0.565. The minimum absolute atomic E-state index is 0.0920. The van der Waals surface area contributed by atoms with Crippen LogP contribution in [0.1, 0.15) is 38.3 Å². The number of hydrogen-bond acceptors (Lipinski definition) is 2. The summed E-state index contributed by atoms with van der Waals surface area (Å²) in [5.41, 5.74) is 0.471. The molecule has 1 aromatic rings. The third-order valence-electron chi connectivity index (χ3n) is 2.79. The number of benzene rings is 1. The SMILES string of the molecule is CCC(N[C@H](C)CCO)c1ccc(F)cc1F. The van der Waals surface area contributed by atoms with Gasteiger partial charge in [-0.3, -0.25) is 0 Å². The Labute approximate surface area is 101 Å². The predicted molar refractivity (Wildman–Crippen MR) is 63.7 cm³/mol. The highest BCUT2D eigenvalue weighted by Crippen LogP contribution is 2.21. The number of aliphatic hydroxyl groups is 1. The number of rotatable bonds is 6. The molecule has 1 aromatic carbocycles. The molecule has 0 fully saturated rings. The van der Waals surface area contributed by atoms with E-state index in [1.807, 2.05) is 13.8 Å². The highest BCUT2D eigenvalue weighted by molar-refractivity contribution is 5.22. The van der Waals surface area contributed by atoms with Gasteiger partial charge in [0, 0.05) is 30.3 Å². The maximum Gasteiger partial charge on any atom is 0.130 e. The van der Waals surface area contributed by atoms with Crippen molar-refractivity contribution in [3.63, 3.8) is 0 Å². The molecular weight excluding hydrogens is 224 g/mol. The summed E-state index contributed by atoms with van der Waals surface area (Å²) in [7, 11) is 0. The summed E-state index contributed by atoms with van der Waals surface area (Å²) in [6.45, 7) is 3.96. The summed E-state index contributed by atoms with van der Waals surface area (Å²) < 4.78 is 26.4. The largest absolute Gasteiger partial charge is 0.396 e. The summed E-state index contributed by atoms with van der Waals surface area (Å²) in [6.07, 6.45) is 1.32. The normalized spacial score (nSPS) is 14.6. The van der Waals surface area contributed by atoms with Gasteiger partial charge in [-0.1, -0.05) is 13.0 Å². The van der Waals surface area contributed by atoms with Crippen LogP contribution in [0.25, 0.3) is 0 Å². The monoisotopic (exact) mass is 243 g/mol. The average molecular weight is 243 g/mol. The Kier molecular flexibility index (Phi) is 5.51. The van der Waals surface area contributed by atoms with Crippen molar-refractivity contribution in [3.8, 4) is 0 Å². The Morgan fingerprint density at radius 3 is 2.59 bits per heavy atom. The molecule has 1 unspecified atom stereocenters. The second kappa shape index (κ2) is 6.67. The summed E-state index contributed by atoms with van der Waals surface area (Å²) in [5.74, 6) is -1.09. The van der Waals surface area contributed by atoms with Crippen molar-refractivity contribution in [2.24, 2.45) is 0 Å². The molecule has 0 amide bonds. The Bertz CT molecular complexity index is 357. The van der Waals surface area contributed by atoms with Crippen molar-refractivity contribution < 1.29 is 13.9 Å². The van der Waals surface area contributed by atoms with Crippen LogP contribution in [0.15, 0.2) is 18.2 Å². The number of halogens is 2. The van der Waals surface area contributed by atoms with Gasteiger partial charge in [-0.25, -0.2) is 8.78 Å². The molecule has 17 heavy (non-hydrogen) atoms. The van der Waals surface area contributed by atoms with Gasteiger partial charge in [0.2, 0.25) is 0 Å². The molecule has 0 aliphatic rings. The van der Waals surface area contributed by atoms with Gasteiger partial charge in [-0.2, -0.15) is 0 Å². The molecule has 0 bridgehead atoms. The first-order valence-corrected chi connectivity index (χ1v) is 5.90. The molecule has 0 heterocycles. The zero-order valence-electron chi connectivity index (χ0n) is 10.2. The van der Waals surface area contributed by atoms with Gasteiger partial charge in [0.1, 0.15) is 11.6 Å². The summed E-state index contributed by atoms with van der Waals surface area (Å²) in [4.78, 5) is 0. The number of hydrogen-bond donors (Lipinski definition) is 2. The lowest BCUT2D eigenvalue weighted by molar-refractivity contribution is 0.261. The van der Waals surface area contributed by atoms with Crippen LogP contribution in [-0.4, -0.2) is 17.8 Å². The first-order valence-electron chi connectivity index (χ1n) is 5.90. The number of nitrogens with one attached hydrogen (secondary N) is 1. The van der Waals surface area contributed by atoms with Crippen molar-refractivity contribution in [1.82, 2.24) is 5.32 Å². The molecule has 0 aliphatic carbocycles. The van der Waals surface area contributed by atoms with E-state index in [1.54, 1.807) is 0 Å². The Morgan fingerprint density at radius 2 is 2.06 bits per heavy atom. The zero-order valence-corrected chi connectivity index (χ0v) is 10.2. The van der Waals surface area contributed by atoms with Crippen LogP contribution < -0.4 is 5.32 Å². The van der Waals surface area contributed by atoms with Crippen LogP contribution in [-0.2, 0) is 0 Å². The van der Waals surface area contributed by atoms with E-state index in [2.05, 4.69) is 5.32 Å². The first-order chi connectivity index (χ1) is 8.08. The average Bonchev–Trinajstić information content (AvgIpc) is 2.27. The molecule has 2 atom stereocenters. The number of aliphatic hydroxyl groups excluding tert-OH is 1. The highest BCUT2D eigenvalue weighted by Gasteiger charge is 2.16. The lowest BCUT2D eigenvalue weighted by atomic mass is 10.0. The van der Waals surface area contributed by atoms with Gasteiger partial charge in [0.25, 0.3) is 0 Å². The molecule has 0 aromatic heterocycles. The van der Waals surface area contributed by atoms with E-state index < -0.39 is 11.6 Å². The summed E-state index contributed by atoms with van der Waals surface area (Å²) in [5, 5.41) is 12.0. The molecule has 0 saturated carbocycles. The highest BCUT2D eigenvalue weighted by atomic mass is 19.1. The van der Waals surface area contributed by atoms with Crippen LogP contribution in [0.2, 0.25) is 0 Å². The fourth-order valence-electron chi connectivity index (χ4n) is 1.83. The summed E-state index contributed by atoms with van der Waals surface area (Å²) >= 11 is 0. The van der Waals surface area contributed by atoms with Gasteiger partial charge >= 0.3 is 0 Å². The fourth-order valence-corrected chi connectivity index (χ4v) is 1.83. The maximum atomic E-state index is 13.6. The van der Waals surface area contributed by atoms with Crippen LogP contribution in [0.4, 0.5) is 8.78 Å². The quantitative estimate of drug-likeness (QED) is 0.805. The lowest BCUT2D eigenvalue weighted by Crippen LogP contribution is -2.31. The van der Waals surface area contributed by atoms with Crippen molar-refractivity contribution in [2.45, 2.75) is 38.8 Å². The van der Waals surface area contributed by atoms with Crippen molar-refractivity contribution in [2.75, 3.05) is 6.61 Å². The maximum absolute atomic E-state index is 13.6. The van der Waals surface area contributed by atoms with Gasteiger partial charge in [-0.15, -0.1) is 0 Å². The standard InChI is InChI=1S/C13H19F2NO/c1-3-13(16-9(2)6-7-17)11-5-4-10(14)8-12(11)15/h4-5,8-9,13,16-17H,3,6-7H2,1-2H3/t9-,13?/m1/s1. The molecule has 0 saturated heterocycles. The predicted octanol–water partition coefficient (Wildman–Crippen LogP) is 2.78. The van der Waals surface area contributed by atoms with Gasteiger partial charge in [-0.05, 0) is 25.8 Å². The fraction of sp³-hybridized carbons (Fsp3) is 0.538. The van der Waals surface area contributed by atoms with Crippen LogP contribution in [0.3, 0.4) is 0 Å². The van der Waals surface area contributed by atoms with E-state index in [9.17, 15) is 8.78 Å². The Morgan fingerprint density at radius 1 is 1.35 bits per heavy atom. The molecular formula is C13H19F2NO. The molecule has 0 radical (unpaired) electrons. The molecule has 96 valence electrons. The van der Waals surface area contributed by atoms with Crippen molar-refractivity contribution in [1.29, 1.82) is 0 Å². The topological polar surface area (TPSA) is 32.3 Å². The van der Waals surface area contributed by atoms with Gasteiger partial charge in [0.05, 0.1) is 0 Å². The molecule has 2 nitrogen and oxygen atoms in total. The van der Waals surface area contributed by atoms with Crippen molar-refractivity contribution >= 4 is 0 Å². The van der Waals surface area contributed by atoms with E-state index in [4.69, 9.17) is 5.11 Å².